The lowest BCUT2D eigenvalue weighted by Crippen LogP contribution is -2.37. The van der Waals surface area contributed by atoms with Gasteiger partial charge in [0.2, 0.25) is 0 Å². The maximum absolute atomic E-state index is 11.5. The molecule has 1 aliphatic carbocycles. The SMILES string of the molecule is COC(=O)C1CC(C(C(=O)O)c2cccc(Br)c2)C1. The molecule has 1 unspecified atom stereocenters. The zero-order valence-corrected chi connectivity index (χ0v) is 12.1. The van der Waals surface area contributed by atoms with Crippen LogP contribution in [0.5, 0.6) is 0 Å². The van der Waals surface area contributed by atoms with Crippen molar-refractivity contribution >= 4 is 27.9 Å². The minimum Gasteiger partial charge on any atom is -0.481 e. The smallest absolute Gasteiger partial charge is 0.311 e. The van der Waals surface area contributed by atoms with Crippen LogP contribution in [0.1, 0.15) is 24.3 Å². The molecule has 102 valence electrons. The fourth-order valence-electron chi connectivity index (χ4n) is 2.61. The second-order valence-corrected chi connectivity index (χ2v) is 5.74. The molecule has 1 aromatic rings. The third kappa shape index (κ3) is 2.97. The predicted octanol–water partition coefficient (Wildman–Crippen LogP) is 2.82. The van der Waals surface area contributed by atoms with E-state index in [1.165, 1.54) is 7.11 Å². The highest BCUT2D eigenvalue weighted by molar-refractivity contribution is 9.10. The van der Waals surface area contributed by atoms with Crippen LogP contribution in [-0.2, 0) is 14.3 Å². The zero-order chi connectivity index (χ0) is 14.0. The van der Waals surface area contributed by atoms with Gasteiger partial charge in [0.05, 0.1) is 18.9 Å². The summed E-state index contributed by atoms with van der Waals surface area (Å²) in [4.78, 5) is 22.8. The molecule has 1 N–H and O–H groups in total. The van der Waals surface area contributed by atoms with Crippen molar-refractivity contribution < 1.29 is 19.4 Å². The maximum atomic E-state index is 11.5. The molecule has 0 saturated heterocycles. The van der Waals surface area contributed by atoms with E-state index in [-0.39, 0.29) is 17.8 Å². The van der Waals surface area contributed by atoms with Crippen LogP contribution in [0.25, 0.3) is 0 Å². The minimum absolute atomic E-state index is 0.00380. The molecule has 4 nitrogen and oxygen atoms in total. The third-order valence-electron chi connectivity index (χ3n) is 3.65. The van der Waals surface area contributed by atoms with E-state index in [2.05, 4.69) is 20.7 Å². The van der Waals surface area contributed by atoms with Gasteiger partial charge < -0.3 is 9.84 Å². The molecule has 1 atom stereocenters. The second-order valence-electron chi connectivity index (χ2n) is 4.82. The van der Waals surface area contributed by atoms with E-state index < -0.39 is 11.9 Å². The van der Waals surface area contributed by atoms with Gasteiger partial charge in [-0.2, -0.15) is 0 Å². The summed E-state index contributed by atoms with van der Waals surface area (Å²) in [5.74, 6) is -1.79. The number of rotatable bonds is 4. The molecule has 0 radical (unpaired) electrons. The third-order valence-corrected chi connectivity index (χ3v) is 4.15. The molecule has 0 amide bonds. The molecule has 0 bridgehead atoms. The van der Waals surface area contributed by atoms with Crippen molar-refractivity contribution in [2.75, 3.05) is 7.11 Å². The van der Waals surface area contributed by atoms with Crippen molar-refractivity contribution in [1.82, 2.24) is 0 Å². The van der Waals surface area contributed by atoms with Crippen molar-refractivity contribution in [3.63, 3.8) is 0 Å². The van der Waals surface area contributed by atoms with Gasteiger partial charge in [-0.3, -0.25) is 9.59 Å². The topological polar surface area (TPSA) is 63.6 Å². The Balaban J connectivity index is 2.11. The summed E-state index contributed by atoms with van der Waals surface area (Å²) >= 11 is 3.35. The number of benzene rings is 1. The van der Waals surface area contributed by atoms with Gasteiger partial charge in [0.25, 0.3) is 0 Å². The number of methoxy groups -OCH3 is 1. The summed E-state index contributed by atoms with van der Waals surface area (Å²) in [5.41, 5.74) is 0.773. The number of carboxylic acid groups (broad SMARTS) is 1. The van der Waals surface area contributed by atoms with Crippen molar-refractivity contribution in [3.8, 4) is 0 Å². The maximum Gasteiger partial charge on any atom is 0.311 e. The first-order valence-electron chi connectivity index (χ1n) is 6.09. The van der Waals surface area contributed by atoms with Crippen LogP contribution in [0.4, 0.5) is 0 Å². The van der Waals surface area contributed by atoms with Crippen molar-refractivity contribution in [2.24, 2.45) is 11.8 Å². The average Bonchev–Trinajstić information content (AvgIpc) is 2.31. The Morgan fingerprint density at radius 2 is 2.11 bits per heavy atom. The summed E-state index contributed by atoms with van der Waals surface area (Å²) < 4.78 is 5.53. The quantitative estimate of drug-likeness (QED) is 0.864. The molecule has 1 aliphatic rings. The van der Waals surface area contributed by atoms with Crippen molar-refractivity contribution in [3.05, 3.63) is 34.3 Å². The summed E-state index contributed by atoms with van der Waals surface area (Å²) in [6, 6.07) is 7.32. The predicted molar refractivity (Wildman–Crippen MR) is 72.7 cm³/mol. The lowest BCUT2D eigenvalue weighted by Gasteiger charge is -2.37. The lowest BCUT2D eigenvalue weighted by molar-refractivity contribution is -0.153. The van der Waals surface area contributed by atoms with Gasteiger partial charge in [-0.25, -0.2) is 0 Å². The van der Waals surface area contributed by atoms with Crippen LogP contribution < -0.4 is 0 Å². The molecule has 1 saturated carbocycles. The van der Waals surface area contributed by atoms with E-state index >= 15 is 0 Å². The number of carboxylic acids is 1. The van der Waals surface area contributed by atoms with Gasteiger partial charge in [0.15, 0.2) is 0 Å². The molecule has 19 heavy (non-hydrogen) atoms. The van der Waals surface area contributed by atoms with Gasteiger partial charge in [-0.15, -0.1) is 0 Å². The fraction of sp³-hybridized carbons (Fsp3) is 0.429. The van der Waals surface area contributed by atoms with E-state index in [1.54, 1.807) is 0 Å². The van der Waals surface area contributed by atoms with Crippen LogP contribution in [0, 0.1) is 11.8 Å². The number of esters is 1. The Hall–Kier alpha value is -1.36. The minimum atomic E-state index is -0.841. The van der Waals surface area contributed by atoms with Crippen LogP contribution in [0.15, 0.2) is 28.7 Å². The lowest BCUT2D eigenvalue weighted by atomic mass is 9.66. The number of aliphatic carboxylic acids is 1. The van der Waals surface area contributed by atoms with Gasteiger partial charge >= 0.3 is 11.9 Å². The second kappa shape index (κ2) is 5.74. The largest absolute Gasteiger partial charge is 0.481 e. The first kappa shape index (κ1) is 14.1. The van der Waals surface area contributed by atoms with Crippen LogP contribution in [0.2, 0.25) is 0 Å². The number of ether oxygens (including phenoxy) is 1. The van der Waals surface area contributed by atoms with Crippen molar-refractivity contribution in [1.29, 1.82) is 0 Å². The van der Waals surface area contributed by atoms with Crippen LogP contribution in [0.3, 0.4) is 0 Å². The van der Waals surface area contributed by atoms with E-state index in [9.17, 15) is 14.7 Å². The summed E-state index contributed by atoms with van der Waals surface area (Å²) in [6.45, 7) is 0. The number of carbonyl (C=O) groups excluding carboxylic acids is 1. The molecule has 0 spiro atoms. The molecule has 1 fully saturated rings. The monoisotopic (exact) mass is 326 g/mol. The van der Waals surface area contributed by atoms with Crippen LogP contribution >= 0.6 is 15.9 Å². The molecule has 1 aromatic carbocycles. The van der Waals surface area contributed by atoms with E-state index in [0.29, 0.717) is 12.8 Å². The molecule has 0 heterocycles. The van der Waals surface area contributed by atoms with Gasteiger partial charge in [0.1, 0.15) is 0 Å². The average molecular weight is 327 g/mol. The molecule has 5 heteroatoms. The van der Waals surface area contributed by atoms with E-state index in [4.69, 9.17) is 0 Å². The number of carbonyl (C=O) groups is 2. The Morgan fingerprint density at radius 3 is 2.63 bits per heavy atom. The van der Waals surface area contributed by atoms with Gasteiger partial charge in [0, 0.05) is 4.47 Å². The molecule has 0 aromatic heterocycles. The molecular formula is C14H15BrO4. The highest BCUT2D eigenvalue weighted by Crippen LogP contribution is 2.44. The van der Waals surface area contributed by atoms with Crippen molar-refractivity contribution in [2.45, 2.75) is 18.8 Å². The Labute approximate surface area is 119 Å². The first-order chi connectivity index (χ1) is 9.02. The summed E-state index contributed by atoms with van der Waals surface area (Å²) in [7, 11) is 1.36. The number of halogens is 1. The highest BCUT2D eigenvalue weighted by atomic mass is 79.9. The molecule has 2 rings (SSSR count). The summed E-state index contributed by atoms with van der Waals surface area (Å²) in [5, 5.41) is 9.40. The Morgan fingerprint density at radius 1 is 1.42 bits per heavy atom. The normalized spacial score (nSPS) is 23.3. The zero-order valence-electron chi connectivity index (χ0n) is 10.5. The Kier molecular flexibility index (Phi) is 4.24. The fourth-order valence-corrected chi connectivity index (χ4v) is 3.03. The van der Waals surface area contributed by atoms with Gasteiger partial charge in [-0.1, -0.05) is 28.1 Å². The standard InChI is InChI=1S/C14H15BrO4/c1-19-14(18)10-5-9(6-10)12(13(16)17)8-3-2-4-11(15)7-8/h2-4,7,9-10,12H,5-6H2,1H3,(H,16,17). The Bertz CT molecular complexity index is 494. The first-order valence-corrected chi connectivity index (χ1v) is 6.88. The molecule has 0 aliphatic heterocycles. The van der Waals surface area contributed by atoms with E-state index in [0.717, 1.165) is 10.0 Å². The van der Waals surface area contributed by atoms with Crippen LogP contribution in [-0.4, -0.2) is 24.2 Å². The van der Waals surface area contributed by atoms with Gasteiger partial charge in [-0.05, 0) is 36.5 Å². The number of hydrogen-bond donors (Lipinski definition) is 1. The highest BCUT2D eigenvalue weighted by Gasteiger charge is 2.43. The summed E-state index contributed by atoms with van der Waals surface area (Å²) in [6.07, 6.45) is 1.16. The number of hydrogen-bond acceptors (Lipinski definition) is 3. The van der Waals surface area contributed by atoms with E-state index in [1.807, 2.05) is 24.3 Å². The molecular weight excluding hydrogens is 312 g/mol.